The fourth-order valence-corrected chi connectivity index (χ4v) is 2.15. The number of hydrogen-bond donors (Lipinski definition) is 1. The maximum Gasteiger partial charge on any atom is 0.305 e. The van der Waals surface area contributed by atoms with Crippen LogP contribution in [0.25, 0.3) is 0 Å². The highest BCUT2D eigenvalue weighted by Crippen LogP contribution is 2.20. The lowest BCUT2D eigenvalue weighted by Crippen LogP contribution is -2.46. The van der Waals surface area contributed by atoms with Gasteiger partial charge in [0.2, 0.25) is 0 Å². The van der Waals surface area contributed by atoms with E-state index in [1.165, 1.54) is 11.3 Å². The van der Waals surface area contributed by atoms with Crippen LogP contribution in [-0.4, -0.2) is 34.0 Å². The summed E-state index contributed by atoms with van der Waals surface area (Å²) in [5, 5.41) is 10.5. The topological polar surface area (TPSA) is 57.6 Å². The molecule has 0 fully saturated rings. The van der Waals surface area contributed by atoms with E-state index in [1.807, 2.05) is 32.2 Å². The molecular weight excluding hydrogens is 238 g/mol. The van der Waals surface area contributed by atoms with Gasteiger partial charge in [-0.25, -0.2) is 0 Å². The van der Waals surface area contributed by atoms with Crippen LogP contribution in [0.1, 0.15) is 36.9 Å². The van der Waals surface area contributed by atoms with Crippen LogP contribution in [-0.2, 0) is 4.79 Å². The molecule has 1 amide bonds. The van der Waals surface area contributed by atoms with Gasteiger partial charge in [0.15, 0.2) is 0 Å². The molecule has 0 atom stereocenters. The summed E-state index contributed by atoms with van der Waals surface area (Å²) in [5.74, 6) is -0.994. The lowest BCUT2D eigenvalue weighted by Gasteiger charge is -2.35. The van der Waals surface area contributed by atoms with Crippen LogP contribution in [0.4, 0.5) is 0 Å². The molecule has 0 spiro atoms. The molecule has 17 heavy (non-hydrogen) atoms. The molecule has 0 saturated carbocycles. The Kier molecular flexibility index (Phi) is 4.28. The smallest absolute Gasteiger partial charge is 0.305 e. The van der Waals surface area contributed by atoms with Crippen molar-refractivity contribution < 1.29 is 14.7 Å². The first kappa shape index (κ1) is 13.7. The average molecular weight is 255 g/mol. The van der Waals surface area contributed by atoms with Crippen molar-refractivity contribution in [3.63, 3.8) is 0 Å². The van der Waals surface area contributed by atoms with Crippen LogP contribution in [0.5, 0.6) is 0 Å². The molecule has 0 aromatic carbocycles. The Balaban J connectivity index is 2.84. The molecule has 94 valence electrons. The van der Waals surface area contributed by atoms with E-state index in [0.29, 0.717) is 4.88 Å². The minimum atomic E-state index is -0.891. The quantitative estimate of drug-likeness (QED) is 0.899. The number of carbonyl (C=O) groups excluding carboxylic acids is 1. The number of rotatable bonds is 4. The van der Waals surface area contributed by atoms with E-state index in [2.05, 4.69) is 0 Å². The first-order valence-electron chi connectivity index (χ1n) is 5.39. The summed E-state index contributed by atoms with van der Waals surface area (Å²) in [6.45, 7) is 5.94. The number of carboxylic acid groups (broad SMARTS) is 1. The Morgan fingerprint density at radius 3 is 2.47 bits per heavy atom. The first-order chi connectivity index (χ1) is 7.82. The SMILES string of the molecule is CC(C)(C)N(CCC(=O)O)C(=O)c1cccs1. The molecule has 0 aliphatic heterocycles. The number of amides is 1. The summed E-state index contributed by atoms with van der Waals surface area (Å²) in [5.41, 5.74) is -0.378. The third kappa shape index (κ3) is 3.85. The van der Waals surface area contributed by atoms with Gasteiger partial charge in [-0.1, -0.05) is 6.07 Å². The van der Waals surface area contributed by atoms with Crippen LogP contribution in [0, 0.1) is 0 Å². The zero-order chi connectivity index (χ0) is 13.1. The number of hydrogen-bond acceptors (Lipinski definition) is 3. The second-order valence-electron chi connectivity index (χ2n) is 4.75. The fourth-order valence-electron chi connectivity index (χ4n) is 1.48. The van der Waals surface area contributed by atoms with E-state index in [9.17, 15) is 9.59 Å². The van der Waals surface area contributed by atoms with Gasteiger partial charge in [0.25, 0.3) is 5.91 Å². The van der Waals surface area contributed by atoms with Crippen LogP contribution in [0.15, 0.2) is 17.5 Å². The van der Waals surface area contributed by atoms with E-state index in [1.54, 1.807) is 11.0 Å². The highest BCUT2D eigenvalue weighted by Gasteiger charge is 2.28. The lowest BCUT2D eigenvalue weighted by atomic mass is 10.1. The summed E-state index contributed by atoms with van der Waals surface area (Å²) < 4.78 is 0. The molecule has 0 aliphatic rings. The number of thiophene rings is 1. The predicted octanol–water partition coefficient (Wildman–Crippen LogP) is 2.46. The van der Waals surface area contributed by atoms with Crippen LogP contribution in [0.3, 0.4) is 0 Å². The summed E-state index contributed by atoms with van der Waals surface area (Å²) in [4.78, 5) is 25.1. The highest BCUT2D eigenvalue weighted by molar-refractivity contribution is 7.12. The normalized spacial score (nSPS) is 11.2. The minimum absolute atomic E-state index is 0.0333. The van der Waals surface area contributed by atoms with Gasteiger partial charge in [-0.05, 0) is 32.2 Å². The highest BCUT2D eigenvalue weighted by atomic mass is 32.1. The van der Waals surface area contributed by atoms with E-state index in [4.69, 9.17) is 5.11 Å². The molecule has 5 heteroatoms. The maximum atomic E-state index is 12.2. The van der Waals surface area contributed by atoms with E-state index in [-0.39, 0.29) is 24.4 Å². The van der Waals surface area contributed by atoms with Crippen molar-refractivity contribution in [3.05, 3.63) is 22.4 Å². The molecule has 1 rings (SSSR count). The number of nitrogens with zero attached hydrogens (tertiary/aromatic N) is 1. The van der Waals surface area contributed by atoms with Gasteiger partial charge in [0, 0.05) is 12.1 Å². The zero-order valence-electron chi connectivity index (χ0n) is 10.3. The van der Waals surface area contributed by atoms with Crippen molar-refractivity contribution in [1.82, 2.24) is 4.90 Å². The number of aliphatic carboxylic acids is 1. The zero-order valence-corrected chi connectivity index (χ0v) is 11.1. The monoisotopic (exact) mass is 255 g/mol. The van der Waals surface area contributed by atoms with E-state index < -0.39 is 5.97 Å². The fraction of sp³-hybridized carbons (Fsp3) is 0.500. The summed E-state index contributed by atoms with van der Waals surface area (Å²) in [7, 11) is 0. The Hall–Kier alpha value is -1.36. The average Bonchev–Trinajstić information content (AvgIpc) is 2.67. The van der Waals surface area contributed by atoms with Crippen molar-refractivity contribution in [1.29, 1.82) is 0 Å². The molecule has 0 unspecified atom stereocenters. The summed E-state index contributed by atoms with van der Waals surface area (Å²) >= 11 is 1.37. The van der Waals surface area contributed by atoms with Gasteiger partial charge in [-0.15, -0.1) is 11.3 Å². The Morgan fingerprint density at radius 1 is 1.41 bits per heavy atom. The van der Waals surface area contributed by atoms with Gasteiger partial charge in [-0.2, -0.15) is 0 Å². The Morgan fingerprint density at radius 2 is 2.06 bits per heavy atom. The second-order valence-corrected chi connectivity index (χ2v) is 5.70. The van der Waals surface area contributed by atoms with E-state index >= 15 is 0 Å². The molecule has 0 saturated heterocycles. The number of carboxylic acids is 1. The second kappa shape index (κ2) is 5.31. The first-order valence-corrected chi connectivity index (χ1v) is 6.27. The molecule has 1 N–H and O–H groups in total. The molecule has 1 aromatic heterocycles. The maximum absolute atomic E-state index is 12.2. The van der Waals surface area contributed by atoms with E-state index in [0.717, 1.165) is 0 Å². The van der Waals surface area contributed by atoms with Gasteiger partial charge < -0.3 is 10.0 Å². The Labute approximate surface area is 105 Å². The van der Waals surface area contributed by atoms with Crippen molar-refractivity contribution in [3.8, 4) is 0 Å². The third-order valence-electron chi connectivity index (χ3n) is 2.34. The molecular formula is C12H17NO3S. The van der Waals surface area contributed by atoms with Gasteiger partial charge in [0.05, 0.1) is 11.3 Å². The standard InChI is InChI=1S/C12H17NO3S/c1-12(2,3)13(7-6-10(14)15)11(16)9-5-4-8-17-9/h4-5,8H,6-7H2,1-3H3,(H,14,15). The van der Waals surface area contributed by atoms with Crippen molar-refractivity contribution in [2.45, 2.75) is 32.7 Å². The molecule has 4 nitrogen and oxygen atoms in total. The Bertz CT molecular complexity index is 392. The van der Waals surface area contributed by atoms with Crippen LogP contribution >= 0.6 is 11.3 Å². The molecule has 0 radical (unpaired) electrons. The van der Waals surface area contributed by atoms with Crippen molar-refractivity contribution >= 4 is 23.2 Å². The minimum Gasteiger partial charge on any atom is -0.481 e. The van der Waals surface area contributed by atoms with Crippen LogP contribution in [0.2, 0.25) is 0 Å². The summed E-state index contributed by atoms with van der Waals surface area (Å²) in [6, 6.07) is 3.57. The molecule has 1 aromatic rings. The van der Waals surface area contributed by atoms with Gasteiger partial charge in [0.1, 0.15) is 0 Å². The van der Waals surface area contributed by atoms with Gasteiger partial charge >= 0.3 is 5.97 Å². The largest absolute Gasteiger partial charge is 0.481 e. The third-order valence-corrected chi connectivity index (χ3v) is 3.19. The van der Waals surface area contributed by atoms with Crippen molar-refractivity contribution in [2.75, 3.05) is 6.54 Å². The molecule has 1 heterocycles. The van der Waals surface area contributed by atoms with Crippen LogP contribution < -0.4 is 0 Å². The van der Waals surface area contributed by atoms with Crippen molar-refractivity contribution in [2.24, 2.45) is 0 Å². The summed E-state index contributed by atoms with van der Waals surface area (Å²) in [6.07, 6.45) is -0.0333. The van der Waals surface area contributed by atoms with Gasteiger partial charge in [-0.3, -0.25) is 9.59 Å². The molecule has 0 aliphatic carbocycles. The predicted molar refractivity (Wildman–Crippen MR) is 67.4 cm³/mol. The number of carbonyl (C=O) groups is 2. The lowest BCUT2D eigenvalue weighted by molar-refractivity contribution is -0.137. The molecule has 0 bridgehead atoms.